The van der Waals surface area contributed by atoms with Gasteiger partial charge in [-0.1, -0.05) is 38.1 Å². The molecule has 1 saturated heterocycles. The average Bonchev–Trinajstić information content (AvgIpc) is 2.84. The molecular weight excluding hydrogens is 477 g/mol. The van der Waals surface area contributed by atoms with Gasteiger partial charge in [-0.05, 0) is 73.4 Å². The minimum Gasteiger partial charge on any atom is -0.366 e. The minimum atomic E-state index is -3.91. The van der Waals surface area contributed by atoms with Crippen molar-refractivity contribution in [3.05, 3.63) is 89.2 Å². The van der Waals surface area contributed by atoms with Crippen molar-refractivity contribution >= 4 is 27.3 Å². The van der Waals surface area contributed by atoms with Crippen LogP contribution in [-0.2, 0) is 10.0 Å². The van der Waals surface area contributed by atoms with E-state index < -0.39 is 21.7 Å². The standard InChI is InChI=1S/C28H32FN3O3S/c1-19(2)22-8-10-23(11-9-22)30-28(33)26-17-25(12-13-27(26)29)36(34,35)31-14-15-32(21(4)18-31)24-7-5-6-20(3)16-24/h5-13,16-17,19,21H,14-15,18H2,1-4H3,(H,30,33)/t21-/m1/s1. The number of nitrogens with zero attached hydrogens (tertiary/aromatic N) is 2. The van der Waals surface area contributed by atoms with Gasteiger partial charge in [0, 0.05) is 37.1 Å². The molecule has 3 aromatic carbocycles. The van der Waals surface area contributed by atoms with E-state index in [0.29, 0.717) is 24.7 Å². The van der Waals surface area contributed by atoms with Crippen LogP contribution in [-0.4, -0.2) is 44.3 Å². The number of hydrogen-bond acceptors (Lipinski definition) is 4. The molecule has 1 heterocycles. The van der Waals surface area contributed by atoms with E-state index >= 15 is 0 Å². The summed E-state index contributed by atoms with van der Waals surface area (Å²) in [6, 6.07) is 18.8. The molecule has 8 heteroatoms. The Morgan fingerprint density at radius 3 is 2.39 bits per heavy atom. The van der Waals surface area contributed by atoms with Gasteiger partial charge in [0.15, 0.2) is 0 Å². The number of sulfonamides is 1. The zero-order valence-electron chi connectivity index (χ0n) is 21.0. The van der Waals surface area contributed by atoms with Gasteiger partial charge in [-0.3, -0.25) is 4.79 Å². The lowest BCUT2D eigenvalue weighted by molar-refractivity contribution is 0.102. The number of carbonyl (C=O) groups is 1. The Hall–Kier alpha value is -3.23. The molecule has 1 aliphatic heterocycles. The van der Waals surface area contributed by atoms with Crippen molar-refractivity contribution in [2.75, 3.05) is 29.9 Å². The maximum Gasteiger partial charge on any atom is 0.258 e. The molecule has 1 aliphatic rings. The second-order valence-electron chi connectivity index (χ2n) is 9.62. The van der Waals surface area contributed by atoms with E-state index in [0.717, 1.165) is 28.9 Å². The zero-order chi connectivity index (χ0) is 26.0. The van der Waals surface area contributed by atoms with Gasteiger partial charge in [0.2, 0.25) is 10.0 Å². The van der Waals surface area contributed by atoms with Crippen molar-refractivity contribution in [1.82, 2.24) is 4.31 Å². The molecule has 1 fully saturated rings. The van der Waals surface area contributed by atoms with Crippen LogP contribution < -0.4 is 10.2 Å². The van der Waals surface area contributed by atoms with E-state index in [4.69, 9.17) is 0 Å². The lowest BCUT2D eigenvalue weighted by Gasteiger charge is -2.40. The van der Waals surface area contributed by atoms with Gasteiger partial charge in [-0.25, -0.2) is 12.8 Å². The zero-order valence-corrected chi connectivity index (χ0v) is 21.8. The second kappa shape index (κ2) is 10.4. The number of amides is 1. The predicted octanol–water partition coefficient (Wildman–Crippen LogP) is 5.41. The van der Waals surface area contributed by atoms with E-state index in [1.807, 2.05) is 44.2 Å². The van der Waals surface area contributed by atoms with Crippen molar-refractivity contribution in [2.24, 2.45) is 0 Å². The van der Waals surface area contributed by atoms with Crippen molar-refractivity contribution in [3.63, 3.8) is 0 Å². The summed E-state index contributed by atoms with van der Waals surface area (Å²) >= 11 is 0. The van der Waals surface area contributed by atoms with Crippen molar-refractivity contribution in [3.8, 4) is 0 Å². The quantitative estimate of drug-likeness (QED) is 0.483. The van der Waals surface area contributed by atoms with Crippen LogP contribution in [0.5, 0.6) is 0 Å². The molecule has 6 nitrogen and oxygen atoms in total. The Kier molecular flexibility index (Phi) is 7.47. The molecule has 36 heavy (non-hydrogen) atoms. The lowest BCUT2D eigenvalue weighted by Crippen LogP contribution is -2.53. The number of hydrogen-bond donors (Lipinski definition) is 1. The summed E-state index contributed by atoms with van der Waals surface area (Å²) in [6.45, 7) is 9.26. The maximum absolute atomic E-state index is 14.6. The Morgan fingerprint density at radius 1 is 1.03 bits per heavy atom. The van der Waals surface area contributed by atoms with Crippen molar-refractivity contribution in [2.45, 2.75) is 44.6 Å². The summed E-state index contributed by atoms with van der Waals surface area (Å²) in [5.74, 6) is -1.13. The Morgan fingerprint density at radius 2 is 1.75 bits per heavy atom. The third-order valence-electron chi connectivity index (χ3n) is 6.58. The van der Waals surface area contributed by atoms with Crippen LogP contribution in [0.25, 0.3) is 0 Å². The van der Waals surface area contributed by atoms with Gasteiger partial charge in [-0.15, -0.1) is 0 Å². The summed E-state index contributed by atoms with van der Waals surface area (Å²) in [7, 11) is -3.91. The van der Waals surface area contributed by atoms with Gasteiger partial charge in [0.25, 0.3) is 5.91 Å². The highest BCUT2D eigenvalue weighted by molar-refractivity contribution is 7.89. The fourth-order valence-corrected chi connectivity index (χ4v) is 6.01. The smallest absolute Gasteiger partial charge is 0.258 e. The van der Waals surface area contributed by atoms with E-state index in [2.05, 4.69) is 30.1 Å². The number of nitrogens with one attached hydrogen (secondary N) is 1. The summed E-state index contributed by atoms with van der Waals surface area (Å²) in [6.07, 6.45) is 0. The minimum absolute atomic E-state index is 0.0487. The van der Waals surface area contributed by atoms with Gasteiger partial charge < -0.3 is 10.2 Å². The summed E-state index contributed by atoms with van der Waals surface area (Å²) in [5, 5.41) is 2.66. The molecule has 0 aliphatic carbocycles. The van der Waals surface area contributed by atoms with Crippen LogP contribution in [0.2, 0.25) is 0 Å². The fraction of sp³-hybridized carbons (Fsp3) is 0.321. The molecular formula is C28H32FN3O3S. The Labute approximate surface area is 212 Å². The molecule has 0 unspecified atom stereocenters. The Bertz CT molecular complexity index is 1360. The molecule has 0 bridgehead atoms. The summed E-state index contributed by atoms with van der Waals surface area (Å²) < 4.78 is 42.8. The van der Waals surface area contributed by atoms with Crippen LogP contribution in [0.4, 0.5) is 15.8 Å². The van der Waals surface area contributed by atoms with E-state index in [9.17, 15) is 17.6 Å². The molecule has 0 spiro atoms. The van der Waals surface area contributed by atoms with Gasteiger partial charge >= 0.3 is 0 Å². The van der Waals surface area contributed by atoms with Crippen LogP contribution in [0.15, 0.2) is 71.6 Å². The van der Waals surface area contributed by atoms with E-state index in [1.54, 1.807) is 12.1 Å². The lowest BCUT2D eigenvalue weighted by atomic mass is 10.0. The second-order valence-corrected chi connectivity index (χ2v) is 11.6. The molecule has 1 N–H and O–H groups in total. The van der Waals surface area contributed by atoms with Crippen LogP contribution in [0.1, 0.15) is 48.2 Å². The number of rotatable bonds is 6. The monoisotopic (exact) mass is 509 g/mol. The molecule has 1 amide bonds. The molecule has 0 radical (unpaired) electrons. The molecule has 190 valence electrons. The highest BCUT2D eigenvalue weighted by Crippen LogP contribution is 2.26. The van der Waals surface area contributed by atoms with Crippen LogP contribution >= 0.6 is 0 Å². The number of piperazine rings is 1. The molecule has 4 rings (SSSR count). The SMILES string of the molecule is Cc1cccc(N2CCN(S(=O)(=O)c3ccc(F)c(C(=O)Nc4ccc(C(C)C)cc4)c3)C[C@H]2C)c1. The number of anilines is 2. The number of benzene rings is 3. The summed E-state index contributed by atoms with van der Waals surface area (Å²) in [4.78, 5) is 14.9. The number of halogens is 1. The van der Waals surface area contributed by atoms with Crippen LogP contribution in [0, 0.1) is 12.7 Å². The maximum atomic E-state index is 14.6. The fourth-order valence-electron chi connectivity index (χ4n) is 4.47. The third-order valence-corrected chi connectivity index (χ3v) is 8.44. The van der Waals surface area contributed by atoms with E-state index in [1.165, 1.54) is 10.4 Å². The number of aryl methyl sites for hydroxylation is 1. The average molecular weight is 510 g/mol. The van der Waals surface area contributed by atoms with E-state index in [-0.39, 0.29) is 23.0 Å². The van der Waals surface area contributed by atoms with Gasteiger partial charge in [0.05, 0.1) is 10.5 Å². The molecule has 0 aromatic heterocycles. The molecule has 0 saturated carbocycles. The normalized spacial score (nSPS) is 16.8. The predicted molar refractivity (Wildman–Crippen MR) is 142 cm³/mol. The molecule has 1 atom stereocenters. The molecule has 3 aromatic rings. The largest absolute Gasteiger partial charge is 0.366 e. The first-order valence-electron chi connectivity index (χ1n) is 12.1. The Balaban J connectivity index is 1.51. The number of carbonyl (C=O) groups excluding carboxylic acids is 1. The first-order chi connectivity index (χ1) is 17.1. The summed E-state index contributed by atoms with van der Waals surface area (Å²) in [5.41, 5.74) is 3.52. The van der Waals surface area contributed by atoms with Gasteiger partial charge in [-0.2, -0.15) is 4.31 Å². The highest BCUT2D eigenvalue weighted by Gasteiger charge is 2.33. The van der Waals surface area contributed by atoms with Crippen molar-refractivity contribution in [1.29, 1.82) is 0 Å². The first kappa shape index (κ1) is 25.9. The third kappa shape index (κ3) is 5.44. The first-order valence-corrected chi connectivity index (χ1v) is 13.5. The van der Waals surface area contributed by atoms with Crippen LogP contribution in [0.3, 0.4) is 0 Å². The van der Waals surface area contributed by atoms with Gasteiger partial charge in [0.1, 0.15) is 5.82 Å². The van der Waals surface area contributed by atoms with Crippen molar-refractivity contribution < 1.29 is 17.6 Å². The highest BCUT2D eigenvalue weighted by atomic mass is 32.2. The topological polar surface area (TPSA) is 69.7 Å².